The summed E-state index contributed by atoms with van der Waals surface area (Å²) in [6, 6.07) is 17.4. The highest BCUT2D eigenvalue weighted by Gasteiger charge is 2.46. The van der Waals surface area contributed by atoms with E-state index in [2.05, 4.69) is 10.6 Å². The molecule has 2 atom stereocenters. The maximum absolute atomic E-state index is 13.5. The lowest BCUT2D eigenvalue weighted by Crippen LogP contribution is -2.64. The first-order valence-corrected chi connectivity index (χ1v) is 11.5. The average Bonchev–Trinajstić information content (AvgIpc) is 3.25. The van der Waals surface area contributed by atoms with Crippen molar-refractivity contribution < 1.29 is 19.1 Å². The highest BCUT2D eigenvalue weighted by Crippen LogP contribution is 2.31. The third-order valence-corrected chi connectivity index (χ3v) is 6.20. The lowest BCUT2D eigenvalue weighted by atomic mass is 9.87. The molecule has 33 heavy (non-hydrogen) atoms. The minimum Gasteiger partial charge on any atom is -0.361 e. The summed E-state index contributed by atoms with van der Waals surface area (Å²) in [5.74, 6) is -0.488. The first-order valence-electron chi connectivity index (χ1n) is 11.5. The molecular weight excluding hydrogens is 418 g/mol. The molecule has 7 nitrogen and oxygen atoms in total. The summed E-state index contributed by atoms with van der Waals surface area (Å²) in [7, 11) is 0. The van der Waals surface area contributed by atoms with Crippen LogP contribution in [0.15, 0.2) is 54.6 Å². The Balaban J connectivity index is 1.65. The number of carbonyl (C=O) groups is 3. The van der Waals surface area contributed by atoms with E-state index in [0.29, 0.717) is 25.8 Å². The molecule has 1 unspecified atom stereocenters. The van der Waals surface area contributed by atoms with Crippen LogP contribution in [0.2, 0.25) is 0 Å². The van der Waals surface area contributed by atoms with Crippen LogP contribution in [0, 0.1) is 0 Å². The fraction of sp³-hybridized carbons (Fsp3) is 0.423. The molecule has 2 saturated heterocycles. The summed E-state index contributed by atoms with van der Waals surface area (Å²) in [5.41, 5.74) is 1.85. The summed E-state index contributed by atoms with van der Waals surface area (Å²) in [5, 5.41) is 5.75. The van der Waals surface area contributed by atoms with Gasteiger partial charge < -0.3 is 20.3 Å². The van der Waals surface area contributed by atoms with E-state index in [1.807, 2.05) is 68.4 Å². The van der Waals surface area contributed by atoms with E-state index in [-0.39, 0.29) is 36.9 Å². The molecule has 0 bridgehead atoms. The molecule has 0 spiro atoms. The van der Waals surface area contributed by atoms with Crippen molar-refractivity contribution >= 4 is 17.7 Å². The molecule has 2 heterocycles. The van der Waals surface area contributed by atoms with E-state index < -0.39 is 11.6 Å². The monoisotopic (exact) mass is 449 g/mol. The number of morpholine rings is 1. The Labute approximate surface area is 194 Å². The zero-order valence-corrected chi connectivity index (χ0v) is 19.2. The van der Waals surface area contributed by atoms with Crippen molar-refractivity contribution in [2.24, 2.45) is 0 Å². The lowest BCUT2D eigenvalue weighted by molar-refractivity contribution is -0.167. The molecule has 2 aliphatic rings. The van der Waals surface area contributed by atoms with Crippen LogP contribution in [0.1, 0.15) is 32.3 Å². The largest absolute Gasteiger partial charge is 0.361 e. The number of nitrogens with one attached hydrogen (secondary N) is 2. The van der Waals surface area contributed by atoms with Crippen LogP contribution in [-0.4, -0.2) is 60.0 Å². The van der Waals surface area contributed by atoms with Gasteiger partial charge in [-0.3, -0.25) is 14.4 Å². The number of amides is 3. The second kappa shape index (κ2) is 9.75. The third-order valence-electron chi connectivity index (χ3n) is 6.20. The van der Waals surface area contributed by atoms with Crippen molar-refractivity contribution in [1.82, 2.24) is 15.5 Å². The van der Waals surface area contributed by atoms with Gasteiger partial charge in [-0.1, -0.05) is 54.6 Å². The van der Waals surface area contributed by atoms with E-state index in [1.165, 1.54) is 0 Å². The van der Waals surface area contributed by atoms with Crippen molar-refractivity contribution in [1.29, 1.82) is 0 Å². The van der Waals surface area contributed by atoms with Crippen molar-refractivity contribution in [3.8, 4) is 11.1 Å². The molecule has 0 aliphatic carbocycles. The van der Waals surface area contributed by atoms with Crippen molar-refractivity contribution in [2.75, 3.05) is 19.7 Å². The zero-order chi connectivity index (χ0) is 23.4. The Morgan fingerprint density at radius 3 is 2.58 bits per heavy atom. The van der Waals surface area contributed by atoms with E-state index in [0.717, 1.165) is 16.7 Å². The van der Waals surface area contributed by atoms with Crippen molar-refractivity contribution in [3.05, 3.63) is 60.2 Å². The summed E-state index contributed by atoms with van der Waals surface area (Å²) >= 11 is 0. The van der Waals surface area contributed by atoms with Gasteiger partial charge in [0.15, 0.2) is 5.60 Å². The Morgan fingerprint density at radius 1 is 1.15 bits per heavy atom. The zero-order valence-electron chi connectivity index (χ0n) is 19.2. The van der Waals surface area contributed by atoms with Crippen LogP contribution in [0.4, 0.5) is 0 Å². The number of hydrogen-bond donors (Lipinski definition) is 2. The van der Waals surface area contributed by atoms with Gasteiger partial charge in [0.05, 0.1) is 13.2 Å². The van der Waals surface area contributed by atoms with Gasteiger partial charge in [0.2, 0.25) is 11.8 Å². The molecule has 0 saturated carbocycles. The fourth-order valence-electron chi connectivity index (χ4n) is 4.59. The number of nitrogens with zero attached hydrogens (tertiary/aromatic N) is 1. The molecule has 0 aromatic heterocycles. The summed E-state index contributed by atoms with van der Waals surface area (Å²) in [6.07, 6.45) is 1.17. The van der Waals surface area contributed by atoms with Crippen LogP contribution < -0.4 is 10.6 Å². The Kier molecular flexibility index (Phi) is 6.79. The van der Waals surface area contributed by atoms with Gasteiger partial charge in [-0.05, 0) is 37.0 Å². The van der Waals surface area contributed by atoms with Gasteiger partial charge in [0.25, 0.3) is 5.91 Å². The van der Waals surface area contributed by atoms with Gasteiger partial charge in [-0.2, -0.15) is 0 Å². The minimum absolute atomic E-state index is 0.0671. The van der Waals surface area contributed by atoms with Crippen LogP contribution >= 0.6 is 0 Å². The maximum atomic E-state index is 13.5. The lowest BCUT2D eigenvalue weighted by Gasteiger charge is -2.43. The van der Waals surface area contributed by atoms with Gasteiger partial charge in [0, 0.05) is 25.4 Å². The Hall–Kier alpha value is -3.19. The topological polar surface area (TPSA) is 87.7 Å². The Bertz CT molecular complexity index is 1020. The van der Waals surface area contributed by atoms with Crippen LogP contribution in [0.5, 0.6) is 0 Å². The molecule has 2 fully saturated rings. The maximum Gasteiger partial charge on any atom is 0.254 e. The van der Waals surface area contributed by atoms with Crippen LogP contribution in [-0.2, 0) is 25.5 Å². The predicted octanol–water partition coefficient (Wildman–Crippen LogP) is 2.30. The second-order valence-electron chi connectivity index (χ2n) is 9.09. The molecule has 174 valence electrons. The first kappa shape index (κ1) is 23.0. The molecule has 2 N–H and O–H groups in total. The highest BCUT2D eigenvalue weighted by atomic mass is 16.5. The second-order valence-corrected chi connectivity index (χ2v) is 9.09. The summed E-state index contributed by atoms with van der Waals surface area (Å²) in [4.78, 5) is 39.9. The van der Waals surface area contributed by atoms with E-state index in [9.17, 15) is 14.4 Å². The quantitative estimate of drug-likeness (QED) is 0.709. The van der Waals surface area contributed by atoms with E-state index >= 15 is 0 Å². The molecule has 2 aromatic rings. The van der Waals surface area contributed by atoms with E-state index in [1.54, 1.807) is 4.90 Å². The molecule has 2 aliphatic heterocycles. The van der Waals surface area contributed by atoms with Gasteiger partial charge >= 0.3 is 0 Å². The first-order chi connectivity index (χ1) is 15.9. The van der Waals surface area contributed by atoms with Crippen LogP contribution in [0.3, 0.4) is 0 Å². The minimum atomic E-state index is -1.22. The van der Waals surface area contributed by atoms with Gasteiger partial charge in [0.1, 0.15) is 6.04 Å². The van der Waals surface area contributed by atoms with Gasteiger partial charge in [-0.25, -0.2) is 0 Å². The highest BCUT2D eigenvalue weighted by molar-refractivity contribution is 5.92. The van der Waals surface area contributed by atoms with Crippen molar-refractivity contribution in [3.63, 3.8) is 0 Å². The summed E-state index contributed by atoms with van der Waals surface area (Å²) < 4.78 is 6.19. The summed E-state index contributed by atoms with van der Waals surface area (Å²) in [6.45, 7) is 4.60. The predicted molar refractivity (Wildman–Crippen MR) is 125 cm³/mol. The number of carbonyl (C=O) groups excluding carboxylic acids is 3. The molecule has 3 amide bonds. The SMILES string of the molecule is CC(C)NC(=O)C1(Cc2ccccc2-c2ccccc2)CN(C(=O)[C@@H]2CCC(=O)N2)CCO1. The smallest absolute Gasteiger partial charge is 0.254 e. The fourth-order valence-corrected chi connectivity index (χ4v) is 4.59. The Morgan fingerprint density at radius 2 is 1.88 bits per heavy atom. The normalized spacial score (nSPS) is 22.8. The number of rotatable bonds is 6. The van der Waals surface area contributed by atoms with E-state index in [4.69, 9.17) is 4.74 Å². The average molecular weight is 450 g/mol. The number of hydrogen-bond acceptors (Lipinski definition) is 4. The molecular formula is C26H31N3O4. The molecule has 0 radical (unpaired) electrons. The van der Waals surface area contributed by atoms with Crippen LogP contribution in [0.25, 0.3) is 11.1 Å². The van der Waals surface area contributed by atoms with Crippen molar-refractivity contribution in [2.45, 2.75) is 50.8 Å². The third kappa shape index (κ3) is 5.09. The molecule has 7 heteroatoms. The molecule has 4 rings (SSSR count). The number of benzene rings is 2. The van der Waals surface area contributed by atoms with Gasteiger partial charge in [-0.15, -0.1) is 0 Å². The standard InChI is InChI=1S/C26H31N3O4/c1-18(2)27-25(32)26(16-20-10-6-7-11-21(20)19-8-4-3-5-9-19)17-29(14-15-33-26)24(31)22-12-13-23(30)28-22/h3-11,18,22H,12-17H2,1-2H3,(H,27,32)(H,28,30)/t22-,26?/m0/s1. The number of ether oxygens (including phenoxy) is 1. The molecule has 2 aromatic carbocycles.